The first-order valence-electron chi connectivity index (χ1n) is 23.5. The summed E-state index contributed by atoms with van der Waals surface area (Å²) < 4.78 is 0. The number of aliphatic hydroxyl groups is 2. The van der Waals surface area contributed by atoms with Crippen molar-refractivity contribution in [2.75, 3.05) is 13.2 Å². The number of carboxylic acids is 2. The first-order chi connectivity index (χ1) is 34.5. The van der Waals surface area contributed by atoms with E-state index in [1.54, 1.807) is 74.5 Å². The van der Waals surface area contributed by atoms with Crippen molar-refractivity contribution in [3.8, 4) is 0 Å². The molecule has 2 aromatic rings. The summed E-state index contributed by atoms with van der Waals surface area (Å²) in [6.07, 6.45) is -3.34. The minimum Gasteiger partial charge on any atom is -0.481 e. The minimum absolute atomic E-state index is 0.0342. The quantitative estimate of drug-likeness (QED) is 0.0183. The summed E-state index contributed by atoms with van der Waals surface area (Å²) in [7, 11) is 0. The Balaban J connectivity index is 2.42. The van der Waals surface area contributed by atoms with E-state index in [4.69, 9.17) is 22.9 Å². The fourth-order valence-corrected chi connectivity index (χ4v) is 7.00. The maximum atomic E-state index is 14.1. The highest BCUT2D eigenvalue weighted by molar-refractivity contribution is 5.98. The fourth-order valence-electron chi connectivity index (χ4n) is 7.00. The number of primary amides is 1. The lowest BCUT2D eigenvalue weighted by Crippen LogP contribution is -2.62. The number of carbonyl (C=O) groups excluding carboxylic acids is 8. The van der Waals surface area contributed by atoms with Crippen molar-refractivity contribution >= 4 is 65.2 Å². The molecule has 2 aromatic carbocycles. The van der Waals surface area contributed by atoms with Gasteiger partial charge in [0.15, 0.2) is 5.96 Å². The average molecular weight is 1030 g/mol. The number of amides is 8. The number of hydrogen-bond acceptors (Lipinski definition) is 14. The van der Waals surface area contributed by atoms with Crippen LogP contribution in [0.5, 0.6) is 0 Å². The number of rotatable bonds is 33. The molecule has 0 aliphatic heterocycles. The zero-order valence-electron chi connectivity index (χ0n) is 41.0. The molecule has 0 fully saturated rings. The van der Waals surface area contributed by atoms with Crippen LogP contribution in [0.15, 0.2) is 65.7 Å². The molecule has 10 atom stereocenters. The first-order valence-corrected chi connectivity index (χ1v) is 23.5. The number of carboxylic acid groups (broad SMARTS) is 2. The fraction of sp³-hybridized carbons (Fsp3) is 0.511. The van der Waals surface area contributed by atoms with E-state index in [1.165, 1.54) is 0 Å². The van der Waals surface area contributed by atoms with Gasteiger partial charge in [0, 0.05) is 32.2 Å². The van der Waals surface area contributed by atoms with Crippen LogP contribution >= 0.6 is 0 Å². The molecular weight excluding hydrogens is 957 g/mol. The Bertz CT molecular complexity index is 2210. The second kappa shape index (κ2) is 31.6. The number of nitrogens with one attached hydrogen (secondary N) is 7. The van der Waals surface area contributed by atoms with Crippen LogP contribution in [-0.4, -0.2) is 153 Å². The first kappa shape index (κ1) is 61.4. The van der Waals surface area contributed by atoms with E-state index in [9.17, 15) is 68.4 Å². The Labute approximate surface area is 421 Å². The van der Waals surface area contributed by atoms with Gasteiger partial charge in [0.05, 0.1) is 18.8 Å². The average Bonchev–Trinajstić information content (AvgIpc) is 3.34. The highest BCUT2D eigenvalue weighted by Gasteiger charge is 2.37. The van der Waals surface area contributed by atoms with Gasteiger partial charge in [0.25, 0.3) is 0 Å². The van der Waals surface area contributed by atoms with Crippen molar-refractivity contribution < 1.29 is 68.4 Å². The number of aliphatic hydroxyl groups excluding tert-OH is 2. The van der Waals surface area contributed by atoms with E-state index in [-0.39, 0.29) is 57.5 Å². The van der Waals surface area contributed by atoms with Crippen LogP contribution in [0.4, 0.5) is 0 Å². The van der Waals surface area contributed by atoms with E-state index in [0.717, 1.165) is 6.92 Å². The van der Waals surface area contributed by atoms with Gasteiger partial charge in [-0.1, -0.05) is 80.9 Å². The maximum absolute atomic E-state index is 14.1. The third-order valence-electron chi connectivity index (χ3n) is 11.4. The van der Waals surface area contributed by atoms with Crippen molar-refractivity contribution in [2.24, 2.45) is 33.8 Å². The SMILES string of the molecule is CC[C@H](C)[C@H](NC(=O)[C@H](CCC(=O)O)NC(=O)[C@@H](N)CCC(N)=O)C(=O)N[C@@H](CCCN=C(N)N)C(=O)N[C@H](C(=O)N[C@@H](Cc1ccccc1)C(=O)N[C@@H](CO)C(=O)N[C@@H](Cc1ccccc1)C(=O)O)[C@@H](C)O. The summed E-state index contributed by atoms with van der Waals surface area (Å²) in [4.78, 5) is 135. The molecule has 0 bridgehead atoms. The molecule has 0 unspecified atom stereocenters. The smallest absolute Gasteiger partial charge is 0.326 e. The van der Waals surface area contributed by atoms with Gasteiger partial charge >= 0.3 is 11.9 Å². The van der Waals surface area contributed by atoms with Crippen LogP contribution < -0.4 is 60.2 Å². The number of aliphatic carboxylic acids is 2. The van der Waals surface area contributed by atoms with Crippen LogP contribution in [0.1, 0.15) is 76.8 Å². The molecule has 26 heteroatoms. The highest BCUT2D eigenvalue weighted by Crippen LogP contribution is 2.13. The lowest BCUT2D eigenvalue weighted by molar-refractivity contribution is -0.142. The summed E-state index contributed by atoms with van der Waals surface area (Å²) in [6.45, 7) is 3.42. The molecule has 0 aliphatic rings. The van der Waals surface area contributed by atoms with Crippen LogP contribution in [0.2, 0.25) is 0 Å². The predicted molar refractivity (Wildman–Crippen MR) is 263 cm³/mol. The standard InChI is InChI=1S/C47H70N12O14/c1-4-25(2)37(58-41(67)31(18-20-36(63)64)53-39(65)29(48)17-19-35(49)62)44(70)54-30(16-11-21-52-47(50)51)40(66)59-38(26(3)61)45(71)55-32(22-27-12-7-5-8-13-27)42(68)57-34(24-60)43(69)56-33(46(72)73)23-28-14-9-6-10-15-28/h5-10,12-15,25-26,29-34,37-38,60-61H,4,11,16-24,48H2,1-3H3,(H2,49,62)(H,53,65)(H,54,70)(H,55,71)(H,56,69)(H,57,68)(H,58,67)(H,59,66)(H,63,64)(H,72,73)(H4,50,51,52)/t25-,26+,29-,30-,31-,32-,33-,34-,37-,38-/m0/s1. The molecule has 8 amide bonds. The Morgan fingerprint density at radius 3 is 1.51 bits per heavy atom. The maximum Gasteiger partial charge on any atom is 0.326 e. The Kier molecular flexibility index (Phi) is 26.6. The minimum atomic E-state index is -1.82. The summed E-state index contributed by atoms with van der Waals surface area (Å²) in [6, 6.07) is 4.32. The number of nitrogens with two attached hydrogens (primary N) is 4. The monoisotopic (exact) mass is 1030 g/mol. The molecule has 0 saturated heterocycles. The summed E-state index contributed by atoms with van der Waals surface area (Å²) >= 11 is 0. The number of carbonyl (C=O) groups is 10. The second-order valence-corrected chi connectivity index (χ2v) is 17.3. The van der Waals surface area contributed by atoms with Gasteiger partial charge < -0.3 is 80.6 Å². The van der Waals surface area contributed by atoms with Crippen LogP contribution in [0, 0.1) is 5.92 Å². The van der Waals surface area contributed by atoms with E-state index >= 15 is 0 Å². The van der Waals surface area contributed by atoms with E-state index < -0.39 is 139 Å². The van der Waals surface area contributed by atoms with Gasteiger partial charge in [-0.15, -0.1) is 0 Å². The molecule has 0 aromatic heterocycles. The third kappa shape index (κ3) is 22.5. The van der Waals surface area contributed by atoms with Crippen molar-refractivity contribution in [2.45, 2.75) is 133 Å². The summed E-state index contributed by atoms with van der Waals surface area (Å²) in [5.41, 5.74) is 23.0. The second-order valence-electron chi connectivity index (χ2n) is 17.3. The van der Waals surface area contributed by atoms with Crippen molar-refractivity contribution in [3.05, 3.63) is 71.8 Å². The number of hydrogen-bond donors (Lipinski definition) is 15. The normalized spacial score (nSPS) is 15.0. The zero-order valence-corrected chi connectivity index (χ0v) is 41.0. The van der Waals surface area contributed by atoms with Crippen LogP contribution in [0.3, 0.4) is 0 Å². The number of guanidine groups is 1. The predicted octanol–water partition coefficient (Wildman–Crippen LogP) is -4.12. The Hall–Kier alpha value is -7.71. The molecule has 26 nitrogen and oxygen atoms in total. The van der Waals surface area contributed by atoms with Crippen LogP contribution in [-0.2, 0) is 60.8 Å². The molecule has 0 radical (unpaired) electrons. The number of benzene rings is 2. The third-order valence-corrected chi connectivity index (χ3v) is 11.4. The van der Waals surface area contributed by atoms with Gasteiger partial charge in [-0.25, -0.2) is 4.79 Å². The zero-order chi connectivity index (χ0) is 54.8. The van der Waals surface area contributed by atoms with Gasteiger partial charge in [0.2, 0.25) is 47.3 Å². The highest BCUT2D eigenvalue weighted by atomic mass is 16.4. The molecule has 73 heavy (non-hydrogen) atoms. The lowest BCUT2D eigenvalue weighted by Gasteiger charge is -2.30. The molecule has 402 valence electrons. The van der Waals surface area contributed by atoms with Crippen molar-refractivity contribution in [1.29, 1.82) is 0 Å². The Morgan fingerprint density at radius 2 is 1.01 bits per heavy atom. The van der Waals surface area contributed by atoms with Crippen molar-refractivity contribution in [3.63, 3.8) is 0 Å². The van der Waals surface area contributed by atoms with Gasteiger partial charge in [0.1, 0.15) is 42.3 Å². The molecule has 2 rings (SSSR count). The van der Waals surface area contributed by atoms with Crippen LogP contribution in [0.25, 0.3) is 0 Å². The van der Waals surface area contributed by atoms with Gasteiger partial charge in [-0.05, 0) is 49.7 Å². The number of aliphatic imine (C=N–C) groups is 1. The molecule has 0 spiro atoms. The van der Waals surface area contributed by atoms with Gasteiger partial charge in [-0.3, -0.25) is 48.1 Å². The Morgan fingerprint density at radius 1 is 0.562 bits per heavy atom. The lowest BCUT2D eigenvalue weighted by atomic mass is 9.96. The number of nitrogens with zero attached hydrogens (tertiary/aromatic N) is 1. The largest absolute Gasteiger partial charge is 0.481 e. The summed E-state index contributed by atoms with van der Waals surface area (Å²) in [5.74, 6) is -11.4. The van der Waals surface area contributed by atoms with Crippen molar-refractivity contribution in [1.82, 2.24) is 37.2 Å². The molecule has 0 saturated carbocycles. The van der Waals surface area contributed by atoms with Gasteiger partial charge in [-0.2, -0.15) is 0 Å². The van der Waals surface area contributed by atoms with E-state index in [0.29, 0.717) is 11.1 Å². The summed E-state index contributed by atoms with van der Waals surface area (Å²) in [5, 5.41) is 57.2. The molecule has 0 aliphatic carbocycles. The van der Waals surface area contributed by atoms with E-state index in [2.05, 4.69) is 42.2 Å². The van der Waals surface area contributed by atoms with E-state index in [1.807, 2.05) is 0 Å². The molecule has 0 heterocycles. The topological polar surface area (TPSA) is 452 Å². The molecule has 19 N–H and O–H groups in total. The molecular formula is C47H70N12O14.